The lowest BCUT2D eigenvalue weighted by atomic mass is 10.1. The van der Waals surface area contributed by atoms with Crippen molar-refractivity contribution in [3.05, 3.63) is 42.5 Å². The number of fused-ring (bicyclic) bond motifs is 1. The van der Waals surface area contributed by atoms with E-state index in [-0.39, 0.29) is 15.8 Å². The van der Waals surface area contributed by atoms with Crippen molar-refractivity contribution in [2.75, 3.05) is 0 Å². The maximum Gasteiger partial charge on any atom is 0.436 e. The van der Waals surface area contributed by atoms with Gasteiger partial charge < -0.3 is 4.74 Å². The summed E-state index contributed by atoms with van der Waals surface area (Å²) in [5.74, 6) is -0.0730. The number of alkyl halides is 3. The molecule has 1 heterocycles. The summed E-state index contributed by atoms with van der Waals surface area (Å²) in [5.41, 5.74) is -0.835. The van der Waals surface area contributed by atoms with Crippen LogP contribution in [0.25, 0.3) is 6.08 Å². The van der Waals surface area contributed by atoms with Gasteiger partial charge in [0.25, 0.3) is 11.8 Å². The number of halogens is 5. The smallest absolute Gasteiger partial charge is 0.436 e. The van der Waals surface area contributed by atoms with Gasteiger partial charge in [-0.2, -0.15) is 13.2 Å². The fraction of sp³-hybridized carbons (Fsp3) is 0.200. The predicted octanol–water partition coefficient (Wildman–Crippen LogP) is 4.15. The van der Waals surface area contributed by atoms with E-state index in [1.165, 1.54) is 12.1 Å². The predicted molar refractivity (Wildman–Crippen MR) is 67.3 cm³/mol. The lowest BCUT2D eigenvalue weighted by Gasteiger charge is -2.24. The monoisotopic (exact) mass is 401 g/mol. The molecule has 0 radical (unpaired) electrons. The molecule has 0 N–H and O–H groups in total. The minimum Gasteiger partial charge on any atom is -0.468 e. The van der Waals surface area contributed by atoms with Crippen molar-refractivity contribution in [2.45, 2.75) is 12.3 Å². The summed E-state index contributed by atoms with van der Waals surface area (Å²) >= 11 is 6.21. The van der Waals surface area contributed by atoms with Gasteiger partial charge in [-0.1, -0.05) is 15.9 Å². The number of benzene rings is 1. The van der Waals surface area contributed by atoms with E-state index in [0.717, 1.165) is 6.08 Å². The van der Waals surface area contributed by atoms with Crippen LogP contribution in [0.2, 0.25) is 0 Å². The number of nitro groups is 1. The van der Waals surface area contributed by atoms with E-state index in [1.807, 2.05) is 0 Å². The van der Waals surface area contributed by atoms with E-state index in [4.69, 9.17) is 4.74 Å². The second-order valence-electron chi connectivity index (χ2n) is 3.67. The summed E-state index contributed by atoms with van der Waals surface area (Å²) in [6.07, 6.45) is -6.57. The Kier molecular flexibility index (Phi) is 3.61. The molecule has 0 saturated carbocycles. The third-order valence-corrected chi connectivity index (χ3v) is 3.40. The minimum atomic E-state index is -4.86. The molecule has 1 aromatic rings. The van der Waals surface area contributed by atoms with Crippen LogP contribution in [0.5, 0.6) is 5.75 Å². The normalized spacial score (nSPS) is 18.4. The highest BCUT2D eigenvalue weighted by molar-refractivity contribution is 9.11. The highest BCUT2D eigenvalue weighted by atomic mass is 79.9. The Labute approximate surface area is 121 Å². The van der Waals surface area contributed by atoms with Gasteiger partial charge >= 0.3 is 6.18 Å². The third kappa shape index (κ3) is 2.76. The van der Waals surface area contributed by atoms with E-state index in [9.17, 15) is 23.3 Å². The molecule has 4 nitrogen and oxygen atoms in total. The molecule has 9 heteroatoms. The molecule has 0 aromatic heterocycles. The van der Waals surface area contributed by atoms with Crippen molar-refractivity contribution < 1.29 is 22.8 Å². The van der Waals surface area contributed by atoms with Gasteiger partial charge in [0.1, 0.15) is 5.75 Å². The van der Waals surface area contributed by atoms with Crippen LogP contribution in [0.1, 0.15) is 5.56 Å². The van der Waals surface area contributed by atoms with E-state index in [0.29, 0.717) is 4.47 Å². The lowest BCUT2D eigenvalue weighted by molar-refractivity contribution is -0.443. The summed E-state index contributed by atoms with van der Waals surface area (Å²) in [6, 6.07) is 2.94. The second-order valence-corrected chi connectivity index (χ2v) is 5.44. The highest BCUT2D eigenvalue weighted by Crippen LogP contribution is 2.42. The van der Waals surface area contributed by atoms with E-state index >= 15 is 0 Å². The first-order chi connectivity index (χ1) is 8.70. The number of hydrogen-bond acceptors (Lipinski definition) is 3. The standard InChI is InChI=1S/C10H4Br2F3NO3/c11-5-1-4-2-7(16(17)18)9(10(13,14)15)19-8(4)6(12)3-5/h1-3,9H. The maximum absolute atomic E-state index is 12.8. The molecule has 1 aliphatic rings. The van der Waals surface area contributed by atoms with Crippen molar-refractivity contribution in [3.8, 4) is 5.75 Å². The van der Waals surface area contributed by atoms with Gasteiger partial charge in [-0.3, -0.25) is 10.1 Å². The Morgan fingerprint density at radius 3 is 2.47 bits per heavy atom. The molecule has 2 rings (SSSR count). The second kappa shape index (κ2) is 4.78. The molecule has 1 unspecified atom stereocenters. The molecule has 19 heavy (non-hydrogen) atoms. The number of rotatable bonds is 1. The molecule has 102 valence electrons. The summed E-state index contributed by atoms with van der Waals surface area (Å²) in [4.78, 5) is 9.64. The van der Waals surface area contributed by atoms with Crippen molar-refractivity contribution >= 4 is 37.9 Å². The SMILES string of the molecule is O=[N+]([O-])C1=Cc2cc(Br)cc(Br)c2OC1C(F)(F)F. The molecule has 0 amide bonds. The van der Waals surface area contributed by atoms with Gasteiger partial charge in [-0.05, 0) is 28.1 Å². The molecular weight excluding hydrogens is 399 g/mol. The third-order valence-electron chi connectivity index (χ3n) is 2.35. The Morgan fingerprint density at radius 1 is 1.32 bits per heavy atom. The van der Waals surface area contributed by atoms with Gasteiger partial charge in [-0.25, -0.2) is 0 Å². The van der Waals surface area contributed by atoms with Gasteiger partial charge in [0.05, 0.1) is 9.40 Å². The summed E-state index contributed by atoms with van der Waals surface area (Å²) < 4.78 is 43.9. The highest BCUT2D eigenvalue weighted by Gasteiger charge is 2.52. The summed E-state index contributed by atoms with van der Waals surface area (Å²) in [6.45, 7) is 0. The molecule has 1 aromatic carbocycles. The molecule has 1 atom stereocenters. The summed E-state index contributed by atoms with van der Waals surface area (Å²) in [5, 5.41) is 10.7. The van der Waals surface area contributed by atoms with Crippen LogP contribution in [0.3, 0.4) is 0 Å². The van der Waals surface area contributed by atoms with Gasteiger partial charge in [0.2, 0.25) is 0 Å². The zero-order valence-electron chi connectivity index (χ0n) is 8.87. The number of ether oxygens (including phenoxy) is 1. The van der Waals surface area contributed by atoms with Crippen LogP contribution in [0.15, 0.2) is 26.8 Å². The maximum atomic E-state index is 12.8. The van der Waals surface area contributed by atoms with Crippen molar-refractivity contribution in [1.29, 1.82) is 0 Å². The van der Waals surface area contributed by atoms with Gasteiger partial charge in [0.15, 0.2) is 0 Å². The first kappa shape index (κ1) is 14.3. The fourth-order valence-electron chi connectivity index (χ4n) is 1.61. The minimum absolute atomic E-state index is 0.0730. The average Bonchev–Trinajstić information content (AvgIpc) is 2.25. The van der Waals surface area contributed by atoms with E-state index in [1.54, 1.807) is 0 Å². The topological polar surface area (TPSA) is 52.4 Å². The van der Waals surface area contributed by atoms with E-state index in [2.05, 4.69) is 31.9 Å². The van der Waals surface area contributed by atoms with Gasteiger partial charge in [0, 0.05) is 16.1 Å². The number of nitrogens with zero attached hydrogens (tertiary/aromatic N) is 1. The molecular formula is C10H4Br2F3NO3. The fourth-order valence-corrected chi connectivity index (χ4v) is 2.96. The van der Waals surface area contributed by atoms with Crippen LogP contribution < -0.4 is 4.74 Å². The van der Waals surface area contributed by atoms with Gasteiger partial charge in [-0.15, -0.1) is 0 Å². The first-order valence-corrected chi connectivity index (χ1v) is 6.37. The lowest BCUT2D eigenvalue weighted by Crippen LogP contribution is -2.40. The van der Waals surface area contributed by atoms with Crippen LogP contribution in [0.4, 0.5) is 13.2 Å². The van der Waals surface area contributed by atoms with Crippen molar-refractivity contribution in [3.63, 3.8) is 0 Å². The molecule has 0 fully saturated rings. The molecule has 0 saturated heterocycles. The zero-order valence-corrected chi connectivity index (χ0v) is 12.0. The quantitative estimate of drug-likeness (QED) is 0.523. The van der Waals surface area contributed by atoms with Crippen LogP contribution in [0, 0.1) is 10.1 Å². The molecule has 0 aliphatic carbocycles. The molecule has 0 spiro atoms. The first-order valence-electron chi connectivity index (χ1n) is 4.78. The summed E-state index contributed by atoms with van der Waals surface area (Å²) in [7, 11) is 0. The Morgan fingerprint density at radius 2 is 1.95 bits per heavy atom. The van der Waals surface area contributed by atoms with Crippen molar-refractivity contribution in [2.24, 2.45) is 0 Å². The Hall–Kier alpha value is -1.09. The Balaban J connectivity index is 2.61. The Bertz CT molecular complexity index is 586. The average molecular weight is 403 g/mol. The largest absolute Gasteiger partial charge is 0.468 e. The van der Waals surface area contributed by atoms with Crippen LogP contribution in [-0.2, 0) is 0 Å². The van der Waals surface area contributed by atoms with Crippen molar-refractivity contribution in [1.82, 2.24) is 0 Å². The van der Waals surface area contributed by atoms with E-state index < -0.39 is 22.9 Å². The van der Waals surface area contributed by atoms with Crippen LogP contribution >= 0.6 is 31.9 Å². The molecule has 1 aliphatic heterocycles. The zero-order chi connectivity index (χ0) is 14.4. The van der Waals surface area contributed by atoms with Crippen LogP contribution in [-0.4, -0.2) is 17.2 Å². The molecule has 0 bridgehead atoms. The number of hydrogen-bond donors (Lipinski definition) is 0.